The minimum atomic E-state index is -3.58. The van der Waals surface area contributed by atoms with Crippen LogP contribution in [0.4, 0.5) is 0 Å². The predicted molar refractivity (Wildman–Crippen MR) is 71.0 cm³/mol. The molecular formula is C15H18O3S. The van der Waals surface area contributed by atoms with Crippen LogP contribution in [-0.2, 0) is 14.3 Å². The molecule has 5 atom stereocenters. The first-order chi connectivity index (χ1) is 9.06. The van der Waals surface area contributed by atoms with Crippen LogP contribution in [0.3, 0.4) is 0 Å². The van der Waals surface area contributed by atoms with Crippen LogP contribution in [-0.4, -0.2) is 14.5 Å². The van der Waals surface area contributed by atoms with Crippen LogP contribution in [0, 0.1) is 30.6 Å². The SMILES string of the molecule is Cc1ccc(S(=O)(=O)OC2CC3C4CCC4C23)cc1. The first-order valence-corrected chi connectivity index (χ1v) is 8.47. The lowest BCUT2D eigenvalue weighted by Gasteiger charge is -2.68. The first-order valence-electron chi connectivity index (χ1n) is 7.06. The number of fused-ring (bicyclic) bond motifs is 4. The highest BCUT2D eigenvalue weighted by Crippen LogP contribution is 2.67. The van der Waals surface area contributed by atoms with E-state index in [1.54, 1.807) is 12.1 Å². The van der Waals surface area contributed by atoms with Crippen LogP contribution in [0.1, 0.15) is 24.8 Å². The van der Waals surface area contributed by atoms with Crippen LogP contribution in [0.15, 0.2) is 29.2 Å². The highest BCUT2D eigenvalue weighted by Gasteiger charge is 2.65. The number of aryl methyl sites for hydroxylation is 1. The zero-order valence-electron chi connectivity index (χ0n) is 11.0. The van der Waals surface area contributed by atoms with Gasteiger partial charge in [0.25, 0.3) is 10.1 Å². The third-order valence-corrected chi connectivity index (χ3v) is 6.77. The summed E-state index contributed by atoms with van der Waals surface area (Å²) in [6.45, 7) is 1.94. The van der Waals surface area contributed by atoms with Crippen molar-refractivity contribution < 1.29 is 12.6 Å². The van der Waals surface area contributed by atoms with Crippen molar-refractivity contribution in [2.75, 3.05) is 0 Å². The van der Waals surface area contributed by atoms with Crippen molar-refractivity contribution in [2.24, 2.45) is 23.7 Å². The maximum absolute atomic E-state index is 12.2. The maximum atomic E-state index is 12.2. The van der Waals surface area contributed by atoms with E-state index in [1.807, 2.05) is 19.1 Å². The smallest absolute Gasteiger partial charge is 0.263 e. The summed E-state index contributed by atoms with van der Waals surface area (Å²) in [5.74, 6) is 2.94. The van der Waals surface area contributed by atoms with Crippen LogP contribution in [0.25, 0.3) is 0 Å². The Kier molecular flexibility index (Phi) is 2.40. The van der Waals surface area contributed by atoms with E-state index < -0.39 is 10.1 Å². The van der Waals surface area contributed by atoms with Crippen LogP contribution in [0.5, 0.6) is 0 Å². The molecule has 3 fully saturated rings. The lowest BCUT2D eigenvalue weighted by Crippen LogP contribution is -2.66. The monoisotopic (exact) mass is 278 g/mol. The molecule has 0 saturated heterocycles. The Bertz CT molecular complexity index is 599. The lowest BCUT2D eigenvalue weighted by molar-refractivity contribution is -0.222. The maximum Gasteiger partial charge on any atom is 0.297 e. The number of benzene rings is 1. The van der Waals surface area contributed by atoms with Crippen LogP contribution < -0.4 is 0 Å². The van der Waals surface area contributed by atoms with Crippen molar-refractivity contribution in [1.82, 2.24) is 0 Å². The second-order valence-corrected chi connectivity index (χ2v) is 7.86. The van der Waals surface area contributed by atoms with Crippen molar-refractivity contribution in [3.63, 3.8) is 0 Å². The van der Waals surface area contributed by atoms with Crippen LogP contribution >= 0.6 is 0 Å². The van der Waals surface area contributed by atoms with Crippen molar-refractivity contribution in [3.8, 4) is 0 Å². The molecule has 0 amide bonds. The second-order valence-electron chi connectivity index (χ2n) is 6.28. The van der Waals surface area contributed by atoms with Gasteiger partial charge in [0.15, 0.2) is 0 Å². The second kappa shape index (κ2) is 3.83. The van der Waals surface area contributed by atoms with Crippen molar-refractivity contribution in [1.29, 1.82) is 0 Å². The zero-order valence-corrected chi connectivity index (χ0v) is 11.8. The average molecular weight is 278 g/mol. The Morgan fingerprint density at radius 3 is 2.32 bits per heavy atom. The third kappa shape index (κ3) is 1.62. The summed E-state index contributed by atoms with van der Waals surface area (Å²) in [6, 6.07) is 6.89. The number of hydrogen-bond acceptors (Lipinski definition) is 3. The van der Waals surface area contributed by atoms with Crippen LogP contribution in [0.2, 0.25) is 0 Å². The molecule has 3 aliphatic rings. The summed E-state index contributed by atoms with van der Waals surface area (Å²) in [5.41, 5.74) is 1.05. The van der Waals surface area contributed by atoms with E-state index in [4.69, 9.17) is 4.18 Å². The van der Waals surface area contributed by atoms with E-state index in [-0.39, 0.29) is 11.0 Å². The van der Waals surface area contributed by atoms with Gasteiger partial charge in [-0.15, -0.1) is 0 Å². The normalized spacial score (nSPS) is 39.3. The van der Waals surface area contributed by atoms with E-state index in [0.717, 1.165) is 29.7 Å². The van der Waals surface area contributed by atoms with Gasteiger partial charge < -0.3 is 0 Å². The molecule has 0 aromatic heterocycles. The minimum absolute atomic E-state index is 0.0575. The fourth-order valence-corrected chi connectivity index (χ4v) is 5.27. The number of hydrogen-bond donors (Lipinski definition) is 0. The first kappa shape index (κ1) is 11.9. The molecule has 1 aromatic rings. The molecule has 0 aliphatic heterocycles. The van der Waals surface area contributed by atoms with E-state index >= 15 is 0 Å². The molecule has 3 nitrogen and oxygen atoms in total. The Morgan fingerprint density at radius 1 is 1.05 bits per heavy atom. The standard InChI is InChI=1S/C15H18O3S/c1-9-2-4-10(5-3-9)19(16,17)18-14-8-13-11-6-7-12(11)15(13)14/h2-5,11-15H,6-8H2,1H3. The molecule has 102 valence electrons. The molecule has 19 heavy (non-hydrogen) atoms. The fraction of sp³-hybridized carbons (Fsp3) is 0.600. The minimum Gasteiger partial charge on any atom is -0.263 e. The molecule has 3 aliphatic carbocycles. The average Bonchev–Trinajstić information content (AvgIpc) is 2.33. The topological polar surface area (TPSA) is 43.4 Å². The van der Waals surface area contributed by atoms with Gasteiger partial charge in [-0.25, -0.2) is 0 Å². The molecular weight excluding hydrogens is 260 g/mol. The Balaban J connectivity index is 1.49. The number of rotatable bonds is 3. The predicted octanol–water partition coefficient (Wildman–Crippen LogP) is 2.74. The Morgan fingerprint density at radius 2 is 1.74 bits per heavy atom. The van der Waals surface area contributed by atoms with Gasteiger partial charge in [0.05, 0.1) is 11.0 Å². The Labute approximate surface area is 114 Å². The molecule has 0 N–H and O–H groups in total. The van der Waals surface area contributed by atoms with Crippen molar-refractivity contribution in [2.45, 2.75) is 37.2 Å². The lowest BCUT2D eigenvalue weighted by atomic mass is 9.38. The summed E-state index contributed by atoms with van der Waals surface area (Å²) in [4.78, 5) is 0.283. The van der Waals surface area contributed by atoms with E-state index in [2.05, 4.69) is 0 Å². The molecule has 1 aromatic carbocycles. The highest BCUT2D eigenvalue weighted by atomic mass is 32.2. The summed E-state index contributed by atoms with van der Waals surface area (Å²) < 4.78 is 29.9. The third-order valence-electron chi connectivity index (χ3n) is 5.42. The largest absolute Gasteiger partial charge is 0.297 e. The molecule has 0 spiro atoms. The van der Waals surface area contributed by atoms with Gasteiger partial charge in [0, 0.05) is 0 Å². The zero-order chi connectivity index (χ0) is 13.2. The summed E-state index contributed by atoms with van der Waals surface area (Å²) in [6.07, 6.45) is 3.51. The van der Waals surface area contributed by atoms with Crippen molar-refractivity contribution in [3.05, 3.63) is 29.8 Å². The molecule has 4 rings (SSSR count). The van der Waals surface area contributed by atoms with Gasteiger partial charge in [-0.3, -0.25) is 4.18 Å². The molecule has 3 saturated carbocycles. The molecule has 0 heterocycles. The van der Waals surface area contributed by atoms with Gasteiger partial charge in [-0.2, -0.15) is 8.42 Å². The quantitative estimate of drug-likeness (QED) is 0.798. The van der Waals surface area contributed by atoms with Gasteiger partial charge in [0.1, 0.15) is 0 Å². The fourth-order valence-electron chi connectivity index (χ4n) is 4.16. The van der Waals surface area contributed by atoms with E-state index in [0.29, 0.717) is 5.92 Å². The summed E-state index contributed by atoms with van der Waals surface area (Å²) >= 11 is 0. The molecule has 5 unspecified atom stereocenters. The molecule has 4 heteroatoms. The van der Waals surface area contributed by atoms with Gasteiger partial charge in [-0.05, 0) is 62.0 Å². The van der Waals surface area contributed by atoms with Gasteiger partial charge in [-0.1, -0.05) is 17.7 Å². The summed E-state index contributed by atoms with van der Waals surface area (Å²) in [7, 11) is -3.58. The van der Waals surface area contributed by atoms with Crippen molar-refractivity contribution >= 4 is 10.1 Å². The van der Waals surface area contributed by atoms with E-state index in [1.165, 1.54) is 12.8 Å². The molecule has 0 radical (unpaired) electrons. The van der Waals surface area contributed by atoms with Gasteiger partial charge in [0.2, 0.25) is 0 Å². The van der Waals surface area contributed by atoms with Gasteiger partial charge >= 0.3 is 0 Å². The van der Waals surface area contributed by atoms with E-state index in [9.17, 15) is 8.42 Å². The molecule has 0 bridgehead atoms. The highest BCUT2D eigenvalue weighted by molar-refractivity contribution is 7.86. The Hall–Kier alpha value is -0.870. The summed E-state index contributed by atoms with van der Waals surface area (Å²) in [5, 5.41) is 0.